The van der Waals surface area contributed by atoms with Gasteiger partial charge in [-0.2, -0.15) is 22.8 Å². The van der Waals surface area contributed by atoms with Gasteiger partial charge in [-0.15, -0.1) is 11.3 Å². The second kappa shape index (κ2) is 6.71. The maximum atomic E-state index is 13.4. The number of halogens is 3. The van der Waals surface area contributed by atoms with Gasteiger partial charge in [0.25, 0.3) is 5.91 Å². The third kappa shape index (κ3) is 3.22. The highest BCUT2D eigenvalue weighted by Crippen LogP contribution is 2.36. The van der Waals surface area contributed by atoms with Gasteiger partial charge in [0.15, 0.2) is 16.5 Å². The van der Waals surface area contributed by atoms with Crippen molar-refractivity contribution in [2.24, 2.45) is 0 Å². The van der Waals surface area contributed by atoms with Crippen LogP contribution in [0.3, 0.4) is 0 Å². The number of aryl methyl sites for hydroxylation is 1. The molecule has 0 saturated carbocycles. The molecule has 3 heterocycles. The quantitative estimate of drug-likeness (QED) is 0.549. The number of imidazole rings is 1. The monoisotopic (exact) mass is 403 g/mol. The molecule has 28 heavy (non-hydrogen) atoms. The van der Waals surface area contributed by atoms with E-state index in [2.05, 4.69) is 20.4 Å². The highest BCUT2D eigenvalue weighted by molar-refractivity contribution is 7.11. The second-order valence-electron chi connectivity index (χ2n) is 5.93. The van der Waals surface area contributed by atoms with Gasteiger partial charge in [-0.25, -0.2) is 9.97 Å². The highest BCUT2D eigenvalue weighted by Gasteiger charge is 2.34. The smallest absolute Gasteiger partial charge is 0.303 e. The maximum absolute atomic E-state index is 13.4. The molecule has 0 saturated heterocycles. The molecule has 4 rings (SSSR count). The zero-order chi connectivity index (χ0) is 19.9. The van der Waals surface area contributed by atoms with Crippen molar-refractivity contribution in [2.75, 3.05) is 5.32 Å². The number of amides is 1. The van der Waals surface area contributed by atoms with Crippen molar-refractivity contribution in [3.05, 3.63) is 64.2 Å². The van der Waals surface area contributed by atoms with Gasteiger partial charge >= 0.3 is 6.18 Å². The lowest BCUT2D eigenvalue weighted by Gasteiger charge is -2.13. The van der Waals surface area contributed by atoms with Crippen molar-refractivity contribution >= 4 is 28.7 Å². The fourth-order valence-electron chi connectivity index (χ4n) is 2.80. The number of fused-ring (bicyclic) bond motifs is 1. The number of anilines is 1. The van der Waals surface area contributed by atoms with Gasteiger partial charge in [0.05, 0.1) is 17.5 Å². The van der Waals surface area contributed by atoms with Gasteiger partial charge < -0.3 is 5.32 Å². The Morgan fingerprint density at radius 2 is 2.00 bits per heavy atom. The Bertz CT molecular complexity index is 1170. The minimum Gasteiger partial charge on any atom is -0.303 e. The molecule has 1 amide bonds. The Morgan fingerprint density at radius 1 is 1.21 bits per heavy atom. The number of aromatic nitrogens is 4. The molecule has 142 valence electrons. The molecule has 1 aromatic carbocycles. The molecule has 6 nitrogen and oxygen atoms in total. The van der Waals surface area contributed by atoms with Crippen molar-refractivity contribution in [3.8, 4) is 11.3 Å². The van der Waals surface area contributed by atoms with Crippen molar-refractivity contribution in [2.45, 2.75) is 13.1 Å². The minimum absolute atomic E-state index is 0.0501. The zero-order valence-electron chi connectivity index (χ0n) is 14.4. The summed E-state index contributed by atoms with van der Waals surface area (Å²) >= 11 is 1.17. The van der Waals surface area contributed by atoms with Crippen LogP contribution in [0, 0.1) is 6.92 Å². The Morgan fingerprint density at radius 3 is 2.71 bits per heavy atom. The van der Waals surface area contributed by atoms with Crippen LogP contribution in [0.25, 0.3) is 16.9 Å². The number of carbonyl (C=O) groups excluding carboxylic acids is 1. The molecule has 3 aromatic heterocycles. The minimum atomic E-state index is -4.52. The van der Waals surface area contributed by atoms with Crippen LogP contribution in [0.4, 0.5) is 19.0 Å². The van der Waals surface area contributed by atoms with Crippen LogP contribution in [-0.2, 0) is 6.18 Å². The fourth-order valence-corrected chi connectivity index (χ4v) is 3.33. The van der Waals surface area contributed by atoms with Crippen molar-refractivity contribution in [1.29, 1.82) is 0 Å². The average Bonchev–Trinajstić information content (AvgIpc) is 3.32. The van der Waals surface area contributed by atoms with Crippen LogP contribution in [0.1, 0.15) is 20.9 Å². The molecule has 1 N–H and O–H groups in total. The number of alkyl halides is 3. The third-order valence-corrected chi connectivity index (χ3v) is 4.80. The summed E-state index contributed by atoms with van der Waals surface area (Å²) < 4.78 is 41.5. The van der Waals surface area contributed by atoms with E-state index in [0.717, 1.165) is 6.07 Å². The largest absolute Gasteiger partial charge is 0.417 e. The van der Waals surface area contributed by atoms with Crippen LogP contribution >= 0.6 is 11.3 Å². The number of thiazole rings is 1. The Balaban J connectivity index is 1.82. The summed E-state index contributed by atoms with van der Waals surface area (Å²) in [5.41, 5.74) is 0.348. The first-order valence-corrected chi connectivity index (χ1v) is 8.95. The molecule has 0 aliphatic carbocycles. The first kappa shape index (κ1) is 18.1. The van der Waals surface area contributed by atoms with Crippen molar-refractivity contribution in [3.63, 3.8) is 0 Å². The normalized spacial score (nSPS) is 11.7. The number of nitrogens with zero attached hydrogens (tertiary/aromatic N) is 4. The van der Waals surface area contributed by atoms with Crippen LogP contribution < -0.4 is 5.32 Å². The Kier molecular flexibility index (Phi) is 4.34. The standard InChI is InChI=1S/C18H12F3N5OS/c1-10-8-13(11-4-2-3-5-12(11)18(19,20)21)25-26-14(9-23-15(10)26)24-16(27)17-22-6-7-28-17/h2-9H,1H3,(H,24,27). The molecule has 0 aliphatic heterocycles. The molecule has 0 aliphatic rings. The predicted octanol–water partition coefficient (Wildman–Crippen LogP) is 4.43. The molecule has 4 aromatic rings. The summed E-state index contributed by atoms with van der Waals surface area (Å²) in [6.07, 6.45) is -1.61. The second-order valence-corrected chi connectivity index (χ2v) is 6.82. The summed E-state index contributed by atoms with van der Waals surface area (Å²) in [5, 5.41) is 8.86. The first-order chi connectivity index (χ1) is 13.3. The summed E-state index contributed by atoms with van der Waals surface area (Å²) in [7, 11) is 0. The first-order valence-electron chi connectivity index (χ1n) is 8.07. The van der Waals surface area contributed by atoms with Gasteiger partial charge in [0, 0.05) is 17.1 Å². The van der Waals surface area contributed by atoms with Crippen LogP contribution in [-0.4, -0.2) is 25.5 Å². The summed E-state index contributed by atoms with van der Waals surface area (Å²) in [4.78, 5) is 20.4. The van der Waals surface area contributed by atoms with E-state index in [1.807, 2.05) is 0 Å². The van der Waals surface area contributed by atoms with Gasteiger partial charge in [0.1, 0.15) is 0 Å². The number of nitrogens with one attached hydrogen (secondary N) is 1. The Labute approximate surface area is 160 Å². The van der Waals surface area contributed by atoms with E-state index in [0.29, 0.717) is 11.2 Å². The van der Waals surface area contributed by atoms with Gasteiger partial charge in [-0.1, -0.05) is 18.2 Å². The lowest BCUT2D eigenvalue weighted by atomic mass is 10.0. The summed E-state index contributed by atoms with van der Waals surface area (Å²) in [5.74, 6) is -0.206. The molecule has 0 atom stereocenters. The zero-order valence-corrected chi connectivity index (χ0v) is 15.2. The van der Waals surface area contributed by atoms with Gasteiger partial charge in [-0.3, -0.25) is 4.79 Å². The number of carbonyl (C=O) groups is 1. The fraction of sp³-hybridized carbons (Fsp3) is 0.111. The van der Waals surface area contributed by atoms with Crippen LogP contribution in [0.2, 0.25) is 0 Å². The lowest BCUT2D eigenvalue weighted by molar-refractivity contribution is -0.137. The topological polar surface area (TPSA) is 72.2 Å². The highest BCUT2D eigenvalue weighted by atomic mass is 32.1. The van der Waals surface area contributed by atoms with E-state index in [-0.39, 0.29) is 22.1 Å². The number of rotatable bonds is 3. The molecule has 0 spiro atoms. The predicted molar refractivity (Wildman–Crippen MR) is 98.2 cm³/mol. The summed E-state index contributed by atoms with van der Waals surface area (Å²) in [6, 6.07) is 6.76. The van der Waals surface area contributed by atoms with Crippen molar-refractivity contribution in [1.82, 2.24) is 19.6 Å². The molecular weight excluding hydrogens is 391 g/mol. The van der Waals surface area contributed by atoms with Crippen LogP contribution in [0.5, 0.6) is 0 Å². The van der Waals surface area contributed by atoms with Gasteiger partial charge in [-0.05, 0) is 24.6 Å². The van der Waals surface area contributed by atoms with Gasteiger partial charge in [0.2, 0.25) is 0 Å². The van der Waals surface area contributed by atoms with Crippen molar-refractivity contribution < 1.29 is 18.0 Å². The van der Waals surface area contributed by atoms with E-state index in [1.165, 1.54) is 46.4 Å². The number of benzene rings is 1. The number of hydrogen-bond acceptors (Lipinski definition) is 5. The molecule has 0 radical (unpaired) electrons. The lowest BCUT2D eigenvalue weighted by Crippen LogP contribution is -2.14. The van der Waals surface area contributed by atoms with E-state index in [4.69, 9.17) is 0 Å². The van der Waals surface area contributed by atoms with E-state index < -0.39 is 17.6 Å². The number of hydrogen-bond donors (Lipinski definition) is 1. The van der Waals surface area contributed by atoms with E-state index in [9.17, 15) is 18.0 Å². The SMILES string of the molecule is Cc1cc(-c2ccccc2C(F)(F)F)nn2c(NC(=O)c3nccs3)cnc12. The molecule has 0 bridgehead atoms. The molecular formula is C18H12F3N5OS. The third-order valence-electron chi connectivity index (χ3n) is 4.03. The van der Waals surface area contributed by atoms with E-state index in [1.54, 1.807) is 18.4 Å². The molecule has 0 fully saturated rings. The van der Waals surface area contributed by atoms with E-state index >= 15 is 0 Å². The maximum Gasteiger partial charge on any atom is 0.417 e. The molecule has 0 unspecified atom stereocenters. The van der Waals surface area contributed by atoms with Crippen LogP contribution in [0.15, 0.2) is 48.1 Å². The Hall–Kier alpha value is -3.27. The molecule has 10 heteroatoms. The summed E-state index contributed by atoms with van der Waals surface area (Å²) in [6.45, 7) is 1.72. The average molecular weight is 403 g/mol.